The van der Waals surface area contributed by atoms with Crippen LogP contribution >= 0.6 is 38.5 Å². The van der Waals surface area contributed by atoms with Crippen LogP contribution in [0.5, 0.6) is 0 Å². The predicted molar refractivity (Wildman–Crippen MR) is 82.5 cm³/mol. The summed E-state index contributed by atoms with van der Waals surface area (Å²) in [5.41, 5.74) is 0.688. The number of carbonyl (C=O) groups is 1. The molecule has 0 radical (unpaired) electrons. The molecular formula is C13H15BrINO2. The van der Waals surface area contributed by atoms with Gasteiger partial charge in [-0.05, 0) is 53.6 Å². The van der Waals surface area contributed by atoms with Crippen LogP contribution in [0.2, 0.25) is 0 Å². The van der Waals surface area contributed by atoms with Crippen molar-refractivity contribution in [1.82, 2.24) is 5.32 Å². The molecule has 1 aliphatic carbocycles. The van der Waals surface area contributed by atoms with Crippen LogP contribution in [0.3, 0.4) is 0 Å². The lowest BCUT2D eigenvalue weighted by molar-refractivity contribution is 0.0915. The molecule has 98 valence electrons. The van der Waals surface area contributed by atoms with E-state index in [-0.39, 0.29) is 24.5 Å². The van der Waals surface area contributed by atoms with Crippen molar-refractivity contribution in [1.29, 1.82) is 0 Å². The number of benzene rings is 1. The number of hydrogen-bond acceptors (Lipinski definition) is 2. The van der Waals surface area contributed by atoms with Gasteiger partial charge < -0.3 is 10.4 Å². The lowest BCUT2D eigenvalue weighted by Gasteiger charge is -2.19. The van der Waals surface area contributed by atoms with Gasteiger partial charge in [0.05, 0.1) is 5.56 Å². The molecule has 1 aromatic rings. The molecule has 2 unspecified atom stereocenters. The molecule has 2 rings (SSSR count). The van der Waals surface area contributed by atoms with Gasteiger partial charge in [-0.1, -0.05) is 22.4 Å². The molecule has 0 saturated heterocycles. The average Bonchev–Trinajstić information content (AvgIpc) is 2.79. The largest absolute Gasteiger partial charge is 0.396 e. The Balaban J connectivity index is 2.09. The Kier molecular flexibility index (Phi) is 5.03. The van der Waals surface area contributed by atoms with Gasteiger partial charge in [0.2, 0.25) is 0 Å². The molecule has 2 N–H and O–H groups in total. The van der Waals surface area contributed by atoms with Gasteiger partial charge in [-0.15, -0.1) is 0 Å². The Hall–Kier alpha value is -0.140. The molecule has 0 spiro atoms. The van der Waals surface area contributed by atoms with E-state index in [1.165, 1.54) is 0 Å². The van der Waals surface area contributed by atoms with Crippen molar-refractivity contribution in [2.75, 3.05) is 6.61 Å². The first-order valence-corrected chi connectivity index (χ1v) is 7.85. The highest BCUT2D eigenvalue weighted by Gasteiger charge is 2.28. The van der Waals surface area contributed by atoms with E-state index >= 15 is 0 Å². The van der Waals surface area contributed by atoms with E-state index in [9.17, 15) is 9.90 Å². The van der Waals surface area contributed by atoms with Crippen LogP contribution in [-0.4, -0.2) is 23.7 Å². The van der Waals surface area contributed by atoms with Gasteiger partial charge in [-0.25, -0.2) is 0 Å². The number of amides is 1. The average molecular weight is 424 g/mol. The minimum Gasteiger partial charge on any atom is -0.396 e. The van der Waals surface area contributed by atoms with Crippen molar-refractivity contribution in [3.8, 4) is 0 Å². The Labute approximate surface area is 129 Å². The fourth-order valence-electron chi connectivity index (χ4n) is 2.36. The highest BCUT2D eigenvalue weighted by atomic mass is 127. The molecule has 1 saturated carbocycles. The number of nitrogens with one attached hydrogen (secondary N) is 1. The third-order valence-corrected chi connectivity index (χ3v) is 4.82. The zero-order chi connectivity index (χ0) is 13.1. The van der Waals surface area contributed by atoms with Crippen LogP contribution in [0.1, 0.15) is 29.6 Å². The first-order chi connectivity index (χ1) is 8.61. The zero-order valence-electron chi connectivity index (χ0n) is 9.83. The first-order valence-electron chi connectivity index (χ1n) is 5.98. The molecule has 1 fully saturated rings. The number of aliphatic hydroxyl groups excluding tert-OH is 1. The van der Waals surface area contributed by atoms with Crippen molar-refractivity contribution >= 4 is 44.4 Å². The summed E-state index contributed by atoms with van der Waals surface area (Å²) in [5.74, 6) is 0.157. The van der Waals surface area contributed by atoms with Gasteiger partial charge in [0.15, 0.2) is 0 Å². The number of halogens is 2. The quantitative estimate of drug-likeness (QED) is 0.734. The molecule has 3 nitrogen and oxygen atoms in total. The third-order valence-electron chi connectivity index (χ3n) is 3.38. The number of rotatable bonds is 3. The maximum Gasteiger partial charge on any atom is 0.252 e. The van der Waals surface area contributed by atoms with Crippen LogP contribution in [0.25, 0.3) is 0 Å². The molecule has 0 aromatic heterocycles. The van der Waals surface area contributed by atoms with Crippen molar-refractivity contribution in [2.45, 2.75) is 25.3 Å². The van der Waals surface area contributed by atoms with Gasteiger partial charge in [-0.3, -0.25) is 4.79 Å². The van der Waals surface area contributed by atoms with E-state index in [1.54, 1.807) is 0 Å². The topological polar surface area (TPSA) is 49.3 Å². The van der Waals surface area contributed by atoms with Crippen LogP contribution in [0, 0.1) is 9.49 Å². The Morgan fingerprint density at radius 3 is 3.00 bits per heavy atom. The summed E-state index contributed by atoms with van der Waals surface area (Å²) in [6.07, 6.45) is 3.03. The summed E-state index contributed by atoms with van der Waals surface area (Å²) in [4.78, 5) is 12.2. The molecule has 5 heteroatoms. The number of hydrogen-bond donors (Lipinski definition) is 2. The summed E-state index contributed by atoms with van der Waals surface area (Å²) in [5, 5.41) is 12.3. The van der Waals surface area contributed by atoms with E-state index in [1.807, 2.05) is 18.2 Å². The standard InChI is InChI=1S/C13H15BrINO2/c14-9-4-5-11(15)10(6-9)13(18)16-12-3-1-2-8(12)7-17/h4-6,8,12,17H,1-3,7H2,(H,16,18). The lowest BCUT2D eigenvalue weighted by Crippen LogP contribution is -2.38. The monoisotopic (exact) mass is 423 g/mol. The number of carbonyl (C=O) groups excluding carboxylic acids is 1. The fourth-order valence-corrected chi connectivity index (χ4v) is 3.30. The maximum absolute atomic E-state index is 12.2. The van der Waals surface area contributed by atoms with Gasteiger partial charge >= 0.3 is 0 Å². The molecule has 0 bridgehead atoms. The molecule has 2 atom stereocenters. The summed E-state index contributed by atoms with van der Waals surface area (Å²) in [7, 11) is 0. The first kappa shape index (κ1) is 14.3. The van der Waals surface area contributed by atoms with Gasteiger partial charge in [0.25, 0.3) is 5.91 Å². The molecule has 1 aliphatic rings. The SMILES string of the molecule is O=C(NC1CCCC1CO)c1cc(Br)ccc1I. The van der Waals surface area contributed by atoms with E-state index in [0.717, 1.165) is 27.3 Å². The van der Waals surface area contributed by atoms with Gasteiger partial charge in [-0.2, -0.15) is 0 Å². The second kappa shape index (κ2) is 6.34. The second-order valence-corrected chi connectivity index (χ2v) is 6.66. The lowest BCUT2D eigenvalue weighted by atomic mass is 10.0. The smallest absolute Gasteiger partial charge is 0.252 e. The normalized spacial score (nSPS) is 23.1. The highest BCUT2D eigenvalue weighted by molar-refractivity contribution is 14.1. The molecule has 18 heavy (non-hydrogen) atoms. The maximum atomic E-state index is 12.2. The van der Waals surface area contributed by atoms with Crippen LogP contribution in [-0.2, 0) is 0 Å². The van der Waals surface area contributed by atoms with E-state index < -0.39 is 0 Å². The van der Waals surface area contributed by atoms with E-state index in [4.69, 9.17) is 0 Å². The van der Waals surface area contributed by atoms with Gasteiger partial charge in [0.1, 0.15) is 0 Å². The Morgan fingerprint density at radius 1 is 1.50 bits per heavy atom. The van der Waals surface area contributed by atoms with E-state index in [2.05, 4.69) is 43.8 Å². The summed E-state index contributed by atoms with van der Waals surface area (Å²) < 4.78 is 1.84. The predicted octanol–water partition coefficient (Wildman–Crippen LogP) is 2.94. The molecule has 1 amide bonds. The molecule has 1 aromatic carbocycles. The number of aliphatic hydroxyl groups is 1. The van der Waals surface area contributed by atoms with Crippen molar-refractivity contribution < 1.29 is 9.90 Å². The van der Waals surface area contributed by atoms with Crippen LogP contribution in [0.4, 0.5) is 0 Å². The van der Waals surface area contributed by atoms with Crippen LogP contribution in [0.15, 0.2) is 22.7 Å². The highest BCUT2D eigenvalue weighted by Crippen LogP contribution is 2.26. The second-order valence-electron chi connectivity index (χ2n) is 4.58. The molecule has 0 heterocycles. The Bertz CT molecular complexity index is 453. The minimum atomic E-state index is -0.0500. The van der Waals surface area contributed by atoms with Gasteiger partial charge in [0, 0.05) is 26.6 Å². The summed E-state index contributed by atoms with van der Waals surface area (Å²) >= 11 is 5.54. The van der Waals surface area contributed by atoms with Crippen molar-refractivity contribution in [3.05, 3.63) is 31.8 Å². The summed E-state index contributed by atoms with van der Waals surface area (Å²) in [6, 6.07) is 5.78. The third kappa shape index (κ3) is 3.24. The minimum absolute atomic E-state index is 0.0500. The van der Waals surface area contributed by atoms with Crippen molar-refractivity contribution in [2.24, 2.45) is 5.92 Å². The van der Waals surface area contributed by atoms with Crippen molar-refractivity contribution in [3.63, 3.8) is 0 Å². The van der Waals surface area contributed by atoms with E-state index in [0.29, 0.717) is 5.56 Å². The molecule has 0 aliphatic heterocycles. The molecular weight excluding hydrogens is 409 g/mol. The fraction of sp³-hybridized carbons (Fsp3) is 0.462. The Morgan fingerprint density at radius 2 is 2.28 bits per heavy atom. The van der Waals surface area contributed by atoms with Crippen LogP contribution < -0.4 is 5.32 Å². The zero-order valence-corrected chi connectivity index (χ0v) is 13.6. The summed E-state index contributed by atoms with van der Waals surface area (Å²) in [6.45, 7) is 0.153.